The molecule has 0 amide bonds. The van der Waals surface area contributed by atoms with Crippen molar-refractivity contribution in [2.75, 3.05) is 18.0 Å². The Kier molecular flexibility index (Phi) is 4.07. The number of hydrogen-bond acceptors (Lipinski definition) is 2. The van der Waals surface area contributed by atoms with E-state index in [1.54, 1.807) is 0 Å². The Morgan fingerprint density at radius 3 is 2.61 bits per heavy atom. The third kappa shape index (κ3) is 2.99. The van der Waals surface area contributed by atoms with Crippen molar-refractivity contribution in [3.8, 4) is 0 Å². The minimum Gasteiger partial charge on any atom is -0.372 e. The predicted octanol–water partition coefficient (Wildman–Crippen LogP) is 5.49. The van der Waals surface area contributed by atoms with Crippen LogP contribution in [0.2, 0.25) is 0 Å². The van der Waals surface area contributed by atoms with Crippen LogP contribution in [0.25, 0.3) is 16.5 Å². The minimum atomic E-state index is 1.13. The van der Waals surface area contributed by atoms with Crippen molar-refractivity contribution in [3.05, 3.63) is 41.6 Å². The number of fused-ring (bicyclic) bond motifs is 1. The molecular formula is C21H26N2. The van der Waals surface area contributed by atoms with Gasteiger partial charge in [0.25, 0.3) is 0 Å². The predicted molar refractivity (Wildman–Crippen MR) is 99.0 cm³/mol. The topological polar surface area (TPSA) is 16.1 Å². The molecule has 2 heteroatoms. The van der Waals surface area contributed by atoms with Crippen molar-refractivity contribution in [2.24, 2.45) is 0 Å². The van der Waals surface area contributed by atoms with E-state index in [-0.39, 0.29) is 0 Å². The number of aromatic nitrogens is 1. The molecule has 0 atom stereocenters. The lowest BCUT2D eigenvalue weighted by Gasteiger charge is -2.29. The van der Waals surface area contributed by atoms with Gasteiger partial charge in [0, 0.05) is 29.9 Å². The summed E-state index contributed by atoms with van der Waals surface area (Å²) in [5, 5.41) is 1.29. The average molecular weight is 306 g/mol. The molecule has 23 heavy (non-hydrogen) atoms. The van der Waals surface area contributed by atoms with Crippen LogP contribution in [0, 0.1) is 6.92 Å². The van der Waals surface area contributed by atoms with Crippen LogP contribution in [0.5, 0.6) is 0 Å². The van der Waals surface area contributed by atoms with Crippen LogP contribution in [0.1, 0.15) is 56.2 Å². The number of aryl methyl sites for hydroxylation is 1. The highest BCUT2D eigenvalue weighted by Crippen LogP contribution is 2.31. The van der Waals surface area contributed by atoms with Gasteiger partial charge in [-0.2, -0.15) is 0 Å². The highest BCUT2D eigenvalue weighted by Gasteiger charge is 2.14. The lowest BCUT2D eigenvalue weighted by molar-refractivity contribution is 0.578. The number of pyridine rings is 1. The molecule has 0 radical (unpaired) electrons. The van der Waals surface area contributed by atoms with E-state index in [1.807, 2.05) is 0 Å². The van der Waals surface area contributed by atoms with Crippen molar-refractivity contribution in [1.82, 2.24) is 4.98 Å². The summed E-state index contributed by atoms with van der Waals surface area (Å²) in [5.41, 5.74) is 6.55. The zero-order chi connectivity index (χ0) is 15.6. The number of rotatable bonds is 2. The number of hydrogen-bond donors (Lipinski definition) is 0. The summed E-state index contributed by atoms with van der Waals surface area (Å²) in [4.78, 5) is 7.41. The molecule has 2 aromatic rings. The van der Waals surface area contributed by atoms with Crippen LogP contribution in [-0.4, -0.2) is 18.1 Å². The Balaban J connectivity index is 1.74. The van der Waals surface area contributed by atoms with Gasteiger partial charge in [-0.05, 0) is 87.3 Å². The zero-order valence-corrected chi connectivity index (χ0v) is 14.1. The van der Waals surface area contributed by atoms with Crippen molar-refractivity contribution < 1.29 is 0 Å². The minimum absolute atomic E-state index is 1.13. The number of piperidine rings is 1. The normalized spacial score (nSPS) is 19.0. The molecule has 1 aromatic heterocycles. The number of anilines is 1. The Hall–Kier alpha value is -1.83. The fraction of sp³-hybridized carbons (Fsp3) is 0.476. The van der Waals surface area contributed by atoms with Crippen LogP contribution in [0.3, 0.4) is 0 Å². The maximum Gasteiger partial charge on any atom is 0.0707 e. The molecule has 1 fully saturated rings. The molecule has 0 N–H and O–H groups in total. The Morgan fingerprint density at radius 2 is 1.83 bits per heavy atom. The van der Waals surface area contributed by atoms with Gasteiger partial charge in [0.05, 0.1) is 5.52 Å². The standard InChI is InChI=1S/C21H26N2/c1-16-20(17-8-4-2-5-9-17)15-18-14-19(10-11-21(18)22-16)23-12-6-3-7-13-23/h8,10-11,14-15H,2-7,9,12-13H2,1H3. The first-order valence-electron chi connectivity index (χ1n) is 9.17. The fourth-order valence-electron chi connectivity index (χ4n) is 4.02. The van der Waals surface area contributed by atoms with E-state index in [0.29, 0.717) is 0 Å². The molecule has 0 saturated carbocycles. The maximum absolute atomic E-state index is 4.88. The van der Waals surface area contributed by atoms with E-state index in [9.17, 15) is 0 Å². The van der Waals surface area contributed by atoms with Crippen LogP contribution >= 0.6 is 0 Å². The van der Waals surface area contributed by atoms with Crippen molar-refractivity contribution in [2.45, 2.75) is 51.9 Å². The number of nitrogens with zero attached hydrogens (tertiary/aromatic N) is 2. The summed E-state index contributed by atoms with van der Waals surface area (Å²) in [7, 11) is 0. The summed E-state index contributed by atoms with van der Waals surface area (Å²) in [6.45, 7) is 4.55. The number of benzene rings is 1. The smallest absolute Gasteiger partial charge is 0.0707 e. The maximum atomic E-state index is 4.88. The Bertz CT molecular complexity index is 739. The second-order valence-corrected chi connectivity index (χ2v) is 7.02. The van der Waals surface area contributed by atoms with Crippen LogP contribution in [0.15, 0.2) is 30.3 Å². The summed E-state index contributed by atoms with van der Waals surface area (Å²) in [5.74, 6) is 0. The molecule has 120 valence electrons. The SMILES string of the molecule is Cc1nc2ccc(N3CCCCC3)cc2cc1C1=CCCCC1. The molecule has 1 saturated heterocycles. The molecule has 4 rings (SSSR count). The highest BCUT2D eigenvalue weighted by molar-refractivity contribution is 5.86. The van der Waals surface area contributed by atoms with E-state index in [0.717, 1.165) is 5.52 Å². The lowest BCUT2D eigenvalue weighted by atomic mass is 9.92. The summed E-state index contributed by atoms with van der Waals surface area (Å²) in [6, 6.07) is 9.17. The van der Waals surface area contributed by atoms with Gasteiger partial charge in [0.15, 0.2) is 0 Å². The van der Waals surface area contributed by atoms with Gasteiger partial charge in [-0.25, -0.2) is 0 Å². The van der Waals surface area contributed by atoms with Gasteiger partial charge < -0.3 is 4.90 Å². The Morgan fingerprint density at radius 1 is 0.957 bits per heavy atom. The highest BCUT2D eigenvalue weighted by atomic mass is 15.1. The Labute approximate surface area is 139 Å². The molecular weight excluding hydrogens is 280 g/mol. The van der Waals surface area contributed by atoms with Crippen LogP contribution < -0.4 is 4.90 Å². The van der Waals surface area contributed by atoms with Gasteiger partial charge in [-0.15, -0.1) is 0 Å². The average Bonchev–Trinajstić information content (AvgIpc) is 2.62. The van der Waals surface area contributed by atoms with E-state index in [4.69, 9.17) is 4.98 Å². The van der Waals surface area contributed by atoms with E-state index in [1.165, 1.54) is 85.9 Å². The van der Waals surface area contributed by atoms with Gasteiger partial charge in [-0.3, -0.25) is 4.98 Å². The summed E-state index contributed by atoms with van der Waals surface area (Å²) >= 11 is 0. The van der Waals surface area contributed by atoms with E-state index in [2.05, 4.69) is 42.2 Å². The second kappa shape index (κ2) is 6.35. The van der Waals surface area contributed by atoms with Crippen LogP contribution in [-0.2, 0) is 0 Å². The number of allylic oxidation sites excluding steroid dienone is 2. The molecule has 0 unspecified atom stereocenters. The van der Waals surface area contributed by atoms with E-state index < -0.39 is 0 Å². The van der Waals surface area contributed by atoms with E-state index >= 15 is 0 Å². The van der Waals surface area contributed by atoms with Crippen molar-refractivity contribution >= 4 is 22.2 Å². The molecule has 0 spiro atoms. The third-order valence-electron chi connectivity index (χ3n) is 5.35. The first-order chi connectivity index (χ1) is 11.3. The van der Waals surface area contributed by atoms with Gasteiger partial charge in [0.2, 0.25) is 0 Å². The fourth-order valence-corrected chi connectivity index (χ4v) is 4.02. The second-order valence-electron chi connectivity index (χ2n) is 7.02. The first-order valence-corrected chi connectivity index (χ1v) is 9.17. The van der Waals surface area contributed by atoms with Gasteiger partial charge in [0.1, 0.15) is 0 Å². The molecule has 2 heterocycles. The lowest BCUT2D eigenvalue weighted by Crippen LogP contribution is -2.29. The molecule has 1 aromatic carbocycles. The van der Waals surface area contributed by atoms with Crippen molar-refractivity contribution in [3.63, 3.8) is 0 Å². The van der Waals surface area contributed by atoms with Gasteiger partial charge >= 0.3 is 0 Å². The molecule has 1 aliphatic carbocycles. The summed E-state index contributed by atoms with van der Waals surface area (Å²) < 4.78 is 0. The quantitative estimate of drug-likeness (QED) is 0.729. The third-order valence-corrected chi connectivity index (χ3v) is 5.35. The monoisotopic (exact) mass is 306 g/mol. The van der Waals surface area contributed by atoms with Crippen LogP contribution in [0.4, 0.5) is 5.69 Å². The molecule has 1 aliphatic heterocycles. The molecule has 2 aliphatic rings. The van der Waals surface area contributed by atoms with Gasteiger partial charge in [-0.1, -0.05) is 6.08 Å². The zero-order valence-electron chi connectivity index (χ0n) is 14.1. The van der Waals surface area contributed by atoms with Crippen molar-refractivity contribution in [1.29, 1.82) is 0 Å². The summed E-state index contributed by atoms with van der Waals surface area (Å²) in [6.07, 6.45) is 11.5. The molecule has 2 nitrogen and oxygen atoms in total. The first kappa shape index (κ1) is 14.7. The largest absolute Gasteiger partial charge is 0.372 e. The molecule has 0 bridgehead atoms.